The average Bonchev–Trinajstić information content (AvgIpc) is 2.18. The number of hydrogen-bond acceptors (Lipinski definition) is 2. The second-order valence-electron chi connectivity index (χ2n) is 3.75. The largest absolute Gasteiger partial charge is 0.480 e. The highest BCUT2D eigenvalue weighted by Gasteiger charge is 2.34. The zero-order valence-electron chi connectivity index (χ0n) is 9.08. The molecule has 1 rings (SSSR count). The first-order chi connectivity index (χ1) is 7.73. The highest BCUT2D eigenvalue weighted by molar-refractivity contribution is 5.73. The fraction of sp³-hybridized carbons (Fsp3) is 0.364. The van der Waals surface area contributed by atoms with E-state index in [0.717, 1.165) is 6.07 Å². The first-order valence-corrected chi connectivity index (χ1v) is 4.87. The molecular weight excluding hydrogens is 235 g/mol. The van der Waals surface area contributed by atoms with Gasteiger partial charge in [0.1, 0.15) is 6.04 Å². The summed E-state index contributed by atoms with van der Waals surface area (Å²) in [4.78, 5) is 10.6. The minimum atomic E-state index is -4.50. The van der Waals surface area contributed by atoms with Crippen LogP contribution >= 0.6 is 0 Å². The smallest absolute Gasteiger partial charge is 0.416 e. The van der Waals surface area contributed by atoms with Crippen molar-refractivity contribution in [2.24, 2.45) is 5.73 Å². The Morgan fingerprint density at radius 2 is 2.06 bits per heavy atom. The topological polar surface area (TPSA) is 63.3 Å². The van der Waals surface area contributed by atoms with Gasteiger partial charge < -0.3 is 10.8 Å². The van der Waals surface area contributed by atoms with Gasteiger partial charge in [0.2, 0.25) is 0 Å². The molecule has 6 heteroatoms. The third kappa shape index (κ3) is 3.20. The molecule has 0 fully saturated rings. The number of hydrogen-bond donors (Lipinski definition) is 2. The lowest BCUT2D eigenvalue weighted by atomic mass is 9.95. The van der Waals surface area contributed by atoms with Crippen molar-refractivity contribution >= 4 is 5.97 Å². The number of carboxylic acids is 1. The van der Waals surface area contributed by atoms with E-state index in [4.69, 9.17) is 10.8 Å². The Balaban J connectivity index is 3.17. The zero-order chi connectivity index (χ0) is 13.2. The van der Waals surface area contributed by atoms with Crippen LogP contribution in [0.5, 0.6) is 0 Å². The number of aryl methyl sites for hydroxylation is 1. The van der Waals surface area contributed by atoms with E-state index >= 15 is 0 Å². The van der Waals surface area contributed by atoms with E-state index in [-0.39, 0.29) is 12.0 Å². The fourth-order valence-electron chi connectivity index (χ4n) is 1.55. The van der Waals surface area contributed by atoms with Gasteiger partial charge in [0.25, 0.3) is 0 Å². The zero-order valence-corrected chi connectivity index (χ0v) is 9.08. The number of carbonyl (C=O) groups is 1. The Kier molecular flexibility index (Phi) is 3.77. The SMILES string of the molecule is Cc1cccc(C(F)(F)F)c1CC(N)C(=O)O. The van der Waals surface area contributed by atoms with E-state index in [1.54, 1.807) is 0 Å². The maximum atomic E-state index is 12.7. The van der Waals surface area contributed by atoms with Gasteiger partial charge in [0.15, 0.2) is 0 Å². The first-order valence-electron chi connectivity index (χ1n) is 4.87. The molecule has 3 N–H and O–H groups in total. The molecular formula is C11H12F3NO2. The molecule has 3 nitrogen and oxygen atoms in total. The molecule has 0 amide bonds. The van der Waals surface area contributed by atoms with E-state index < -0.39 is 23.8 Å². The van der Waals surface area contributed by atoms with Crippen LogP contribution in [0.25, 0.3) is 0 Å². The summed E-state index contributed by atoms with van der Waals surface area (Å²) in [5, 5.41) is 8.62. The summed E-state index contributed by atoms with van der Waals surface area (Å²) in [5.41, 5.74) is 4.76. The predicted octanol–water partition coefficient (Wildman–Crippen LogP) is 1.97. The predicted molar refractivity (Wildman–Crippen MR) is 55.5 cm³/mol. The molecule has 1 unspecified atom stereocenters. The number of rotatable bonds is 3. The molecule has 0 saturated heterocycles. The van der Waals surface area contributed by atoms with Crippen LogP contribution in [0.15, 0.2) is 18.2 Å². The van der Waals surface area contributed by atoms with E-state index in [0.29, 0.717) is 5.56 Å². The average molecular weight is 247 g/mol. The molecule has 0 aliphatic carbocycles. The van der Waals surface area contributed by atoms with Crippen molar-refractivity contribution < 1.29 is 23.1 Å². The Morgan fingerprint density at radius 3 is 2.53 bits per heavy atom. The molecule has 0 bridgehead atoms. The maximum Gasteiger partial charge on any atom is 0.416 e. The van der Waals surface area contributed by atoms with Crippen LogP contribution in [0.3, 0.4) is 0 Å². The molecule has 1 aromatic rings. The van der Waals surface area contributed by atoms with Crippen LogP contribution < -0.4 is 5.73 Å². The van der Waals surface area contributed by atoms with Crippen molar-refractivity contribution in [3.05, 3.63) is 34.9 Å². The summed E-state index contributed by atoms with van der Waals surface area (Å²) >= 11 is 0. The number of benzene rings is 1. The number of aliphatic carboxylic acids is 1. The van der Waals surface area contributed by atoms with Crippen LogP contribution in [0.1, 0.15) is 16.7 Å². The van der Waals surface area contributed by atoms with Crippen molar-refractivity contribution in [1.82, 2.24) is 0 Å². The highest BCUT2D eigenvalue weighted by Crippen LogP contribution is 2.33. The van der Waals surface area contributed by atoms with Gasteiger partial charge in [-0.2, -0.15) is 13.2 Å². The highest BCUT2D eigenvalue weighted by atomic mass is 19.4. The molecule has 0 heterocycles. The van der Waals surface area contributed by atoms with Crippen molar-refractivity contribution in [3.8, 4) is 0 Å². The summed E-state index contributed by atoms with van der Waals surface area (Å²) in [6.45, 7) is 1.50. The fourth-order valence-corrected chi connectivity index (χ4v) is 1.55. The van der Waals surface area contributed by atoms with E-state index in [1.807, 2.05) is 0 Å². The normalized spacial score (nSPS) is 13.5. The molecule has 0 spiro atoms. The Hall–Kier alpha value is -1.56. The Labute approximate surface area is 96.0 Å². The molecule has 0 aliphatic rings. The van der Waals surface area contributed by atoms with Gasteiger partial charge in [0, 0.05) is 0 Å². The quantitative estimate of drug-likeness (QED) is 0.858. The van der Waals surface area contributed by atoms with Gasteiger partial charge in [0.05, 0.1) is 5.56 Å². The summed E-state index contributed by atoms with van der Waals surface area (Å²) in [7, 11) is 0. The second kappa shape index (κ2) is 4.75. The van der Waals surface area contributed by atoms with E-state index in [1.165, 1.54) is 19.1 Å². The van der Waals surface area contributed by atoms with Crippen LogP contribution in [0, 0.1) is 6.92 Å². The maximum absolute atomic E-state index is 12.7. The molecule has 94 valence electrons. The first kappa shape index (κ1) is 13.5. The lowest BCUT2D eigenvalue weighted by Gasteiger charge is -2.16. The third-order valence-electron chi connectivity index (χ3n) is 2.46. The number of carboxylic acid groups (broad SMARTS) is 1. The molecule has 0 radical (unpaired) electrons. The minimum Gasteiger partial charge on any atom is -0.480 e. The van der Waals surface area contributed by atoms with Crippen LogP contribution in [0.2, 0.25) is 0 Å². The summed E-state index contributed by atoms with van der Waals surface area (Å²) in [5.74, 6) is -1.32. The van der Waals surface area contributed by atoms with Gasteiger partial charge in [-0.1, -0.05) is 12.1 Å². The summed E-state index contributed by atoms with van der Waals surface area (Å²) in [6.07, 6.45) is -4.84. The molecule has 0 saturated carbocycles. The monoisotopic (exact) mass is 247 g/mol. The van der Waals surface area contributed by atoms with E-state index in [2.05, 4.69) is 0 Å². The van der Waals surface area contributed by atoms with Gasteiger partial charge in [-0.05, 0) is 30.5 Å². The molecule has 0 aromatic heterocycles. The van der Waals surface area contributed by atoms with Gasteiger partial charge >= 0.3 is 12.1 Å². The van der Waals surface area contributed by atoms with Crippen molar-refractivity contribution in [2.75, 3.05) is 0 Å². The summed E-state index contributed by atoms with van der Waals surface area (Å²) < 4.78 is 38.1. The van der Waals surface area contributed by atoms with E-state index in [9.17, 15) is 18.0 Å². The van der Waals surface area contributed by atoms with Crippen LogP contribution in [-0.4, -0.2) is 17.1 Å². The van der Waals surface area contributed by atoms with Crippen LogP contribution in [0.4, 0.5) is 13.2 Å². The van der Waals surface area contributed by atoms with Crippen molar-refractivity contribution in [3.63, 3.8) is 0 Å². The molecule has 0 aliphatic heterocycles. The standard InChI is InChI=1S/C11H12F3NO2/c1-6-3-2-4-8(11(12,13)14)7(6)5-9(15)10(16)17/h2-4,9H,5,15H2,1H3,(H,16,17). The molecule has 17 heavy (non-hydrogen) atoms. The summed E-state index contributed by atoms with van der Waals surface area (Å²) in [6, 6.07) is 2.38. The minimum absolute atomic E-state index is 0.0603. The second-order valence-corrected chi connectivity index (χ2v) is 3.75. The van der Waals surface area contributed by atoms with Crippen molar-refractivity contribution in [2.45, 2.75) is 25.6 Å². The molecule has 1 aromatic carbocycles. The van der Waals surface area contributed by atoms with Gasteiger partial charge in [-0.25, -0.2) is 0 Å². The number of alkyl halides is 3. The number of halogens is 3. The third-order valence-corrected chi connectivity index (χ3v) is 2.46. The lowest BCUT2D eigenvalue weighted by molar-refractivity contribution is -0.140. The van der Waals surface area contributed by atoms with Gasteiger partial charge in [-0.3, -0.25) is 4.79 Å². The van der Waals surface area contributed by atoms with Crippen molar-refractivity contribution in [1.29, 1.82) is 0 Å². The van der Waals surface area contributed by atoms with Gasteiger partial charge in [-0.15, -0.1) is 0 Å². The van der Waals surface area contributed by atoms with Crippen LogP contribution in [-0.2, 0) is 17.4 Å². The molecule has 1 atom stereocenters. The Morgan fingerprint density at radius 1 is 1.47 bits per heavy atom. The Bertz CT molecular complexity index is 429. The number of nitrogens with two attached hydrogens (primary N) is 1. The lowest BCUT2D eigenvalue weighted by Crippen LogP contribution is -2.33.